The van der Waals surface area contributed by atoms with Gasteiger partial charge >= 0.3 is 0 Å². The van der Waals surface area contributed by atoms with Crippen molar-refractivity contribution in [3.8, 4) is 0 Å². The Hall–Kier alpha value is -2.17. The normalized spacial score (nSPS) is 11.1. The van der Waals surface area contributed by atoms with Crippen LogP contribution in [0, 0.1) is 0 Å². The van der Waals surface area contributed by atoms with E-state index in [0.717, 1.165) is 0 Å². The first-order valence-corrected chi connectivity index (χ1v) is 4.05. The monoisotopic (exact) mass is 187 g/mol. The summed E-state index contributed by atoms with van der Waals surface area (Å²) in [6, 6.07) is 3.37. The molecule has 0 bridgehead atoms. The molecule has 2 aromatic heterocycles. The molecule has 1 aromatic carbocycles. The first-order valence-electron chi connectivity index (χ1n) is 4.05. The summed E-state index contributed by atoms with van der Waals surface area (Å²) in [6.07, 6.45) is 2.71. The molecule has 0 unspecified atom stereocenters. The molecule has 5 nitrogen and oxygen atoms in total. The van der Waals surface area contributed by atoms with Crippen molar-refractivity contribution < 1.29 is 4.42 Å². The van der Waals surface area contributed by atoms with Crippen LogP contribution in [0.15, 0.2) is 34.1 Å². The molecule has 3 rings (SSSR count). The van der Waals surface area contributed by atoms with Gasteiger partial charge in [-0.3, -0.25) is 4.79 Å². The highest BCUT2D eigenvalue weighted by Gasteiger charge is 2.04. The van der Waals surface area contributed by atoms with Crippen molar-refractivity contribution in [1.29, 1.82) is 0 Å². The molecule has 14 heavy (non-hydrogen) atoms. The second-order valence-corrected chi connectivity index (χ2v) is 2.92. The minimum absolute atomic E-state index is 0.167. The Morgan fingerprint density at radius 1 is 1.21 bits per heavy atom. The topological polar surface area (TPSA) is 71.8 Å². The molecule has 3 aromatic rings. The van der Waals surface area contributed by atoms with Crippen molar-refractivity contribution in [2.24, 2.45) is 0 Å². The zero-order valence-electron chi connectivity index (χ0n) is 7.02. The first-order chi connectivity index (χ1) is 6.84. The highest BCUT2D eigenvalue weighted by molar-refractivity contribution is 5.91. The summed E-state index contributed by atoms with van der Waals surface area (Å²) in [5.41, 5.74) is 1.74. The van der Waals surface area contributed by atoms with E-state index in [-0.39, 0.29) is 5.56 Å². The van der Waals surface area contributed by atoms with E-state index in [1.807, 2.05) is 0 Å². The van der Waals surface area contributed by atoms with Gasteiger partial charge < -0.3 is 9.40 Å². The number of aromatic amines is 1. The molecule has 0 spiro atoms. The van der Waals surface area contributed by atoms with Crippen molar-refractivity contribution >= 4 is 22.0 Å². The van der Waals surface area contributed by atoms with Crippen LogP contribution in [-0.4, -0.2) is 15.0 Å². The van der Waals surface area contributed by atoms with Crippen LogP contribution in [0.1, 0.15) is 0 Å². The summed E-state index contributed by atoms with van der Waals surface area (Å²) >= 11 is 0. The highest BCUT2D eigenvalue weighted by atomic mass is 16.3. The summed E-state index contributed by atoms with van der Waals surface area (Å²) in [7, 11) is 0. The molecule has 68 valence electrons. The van der Waals surface area contributed by atoms with Crippen LogP contribution in [0.25, 0.3) is 22.0 Å². The number of benzene rings is 1. The van der Waals surface area contributed by atoms with Crippen molar-refractivity contribution in [2.45, 2.75) is 0 Å². The number of nitrogens with one attached hydrogen (secondary N) is 1. The van der Waals surface area contributed by atoms with E-state index in [2.05, 4.69) is 15.0 Å². The molecule has 0 atom stereocenters. The quantitative estimate of drug-likeness (QED) is 0.571. The van der Waals surface area contributed by atoms with E-state index in [9.17, 15) is 4.79 Å². The molecule has 0 aliphatic rings. The Morgan fingerprint density at radius 3 is 3.07 bits per heavy atom. The standard InChI is InChI=1S/C9H5N3O2/c13-9-5-1-7-8(14-4-12-7)2-6(5)10-3-11-9/h1-4H,(H,10,11,13). The second kappa shape index (κ2) is 2.41. The predicted molar refractivity (Wildman–Crippen MR) is 49.9 cm³/mol. The van der Waals surface area contributed by atoms with Crippen molar-refractivity contribution in [3.05, 3.63) is 35.2 Å². The maximum absolute atomic E-state index is 11.4. The van der Waals surface area contributed by atoms with Crippen LogP contribution < -0.4 is 5.56 Å². The number of hydrogen-bond donors (Lipinski definition) is 1. The zero-order chi connectivity index (χ0) is 9.54. The van der Waals surface area contributed by atoms with Gasteiger partial charge in [-0.1, -0.05) is 0 Å². The zero-order valence-corrected chi connectivity index (χ0v) is 7.02. The molecular weight excluding hydrogens is 182 g/mol. The van der Waals surface area contributed by atoms with Gasteiger partial charge in [-0.25, -0.2) is 9.97 Å². The van der Waals surface area contributed by atoms with Gasteiger partial charge in [0.1, 0.15) is 5.52 Å². The third kappa shape index (κ3) is 0.861. The summed E-state index contributed by atoms with van der Waals surface area (Å²) in [5.74, 6) is 0. The Kier molecular flexibility index (Phi) is 1.25. The van der Waals surface area contributed by atoms with E-state index < -0.39 is 0 Å². The van der Waals surface area contributed by atoms with Crippen LogP contribution in [0.3, 0.4) is 0 Å². The predicted octanol–water partition coefficient (Wildman–Crippen LogP) is 1.06. The third-order valence-corrected chi connectivity index (χ3v) is 2.09. The molecule has 0 amide bonds. The van der Waals surface area contributed by atoms with Gasteiger partial charge in [0.15, 0.2) is 12.0 Å². The smallest absolute Gasteiger partial charge is 0.258 e. The van der Waals surface area contributed by atoms with Gasteiger partial charge in [0.2, 0.25) is 0 Å². The summed E-state index contributed by atoms with van der Waals surface area (Å²) in [4.78, 5) is 21.9. The Balaban J connectivity index is 2.63. The van der Waals surface area contributed by atoms with Crippen LogP contribution in [0.2, 0.25) is 0 Å². The van der Waals surface area contributed by atoms with Crippen LogP contribution in [0.4, 0.5) is 0 Å². The number of aromatic nitrogens is 3. The van der Waals surface area contributed by atoms with E-state index in [1.165, 1.54) is 12.7 Å². The van der Waals surface area contributed by atoms with Gasteiger partial charge in [0, 0.05) is 6.07 Å². The molecule has 0 aliphatic heterocycles. The van der Waals surface area contributed by atoms with Gasteiger partial charge in [-0.2, -0.15) is 0 Å². The summed E-state index contributed by atoms with van der Waals surface area (Å²) < 4.78 is 5.10. The number of fused-ring (bicyclic) bond motifs is 2. The largest absolute Gasteiger partial charge is 0.443 e. The van der Waals surface area contributed by atoms with Crippen molar-refractivity contribution in [2.75, 3.05) is 0 Å². The van der Waals surface area contributed by atoms with Crippen LogP contribution in [0.5, 0.6) is 0 Å². The van der Waals surface area contributed by atoms with Crippen molar-refractivity contribution in [1.82, 2.24) is 15.0 Å². The lowest BCUT2D eigenvalue weighted by molar-refractivity contribution is 0.602. The van der Waals surface area contributed by atoms with E-state index >= 15 is 0 Å². The summed E-state index contributed by atoms with van der Waals surface area (Å²) in [5, 5.41) is 0.522. The maximum atomic E-state index is 11.4. The Labute approximate surface area is 77.4 Å². The number of nitrogens with zero attached hydrogens (tertiary/aromatic N) is 2. The Morgan fingerprint density at radius 2 is 2.14 bits per heavy atom. The lowest BCUT2D eigenvalue weighted by Crippen LogP contribution is -2.05. The average molecular weight is 187 g/mol. The van der Waals surface area contributed by atoms with Gasteiger partial charge in [0.25, 0.3) is 5.56 Å². The second-order valence-electron chi connectivity index (χ2n) is 2.92. The fraction of sp³-hybridized carbons (Fsp3) is 0. The fourth-order valence-corrected chi connectivity index (χ4v) is 1.42. The molecule has 1 N–H and O–H groups in total. The number of hydrogen-bond acceptors (Lipinski definition) is 4. The molecule has 0 saturated carbocycles. The lowest BCUT2D eigenvalue weighted by Gasteiger charge is -1.93. The van der Waals surface area contributed by atoms with Crippen molar-refractivity contribution in [3.63, 3.8) is 0 Å². The lowest BCUT2D eigenvalue weighted by atomic mass is 10.2. The molecule has 5 heteroatoms. The number of oxazole rings is 1. The minimum Gasteiger partial charge on any atom is -0.443 e. The van der Waals surface area contributed by atoms with Crippen LogP contribution in [-0.2, 0) is 0 Å². The highest BCUT2D eigenvalue weighted by Crippen LogP contribution is 2.16. The molecule has 0 saturated heterocycles. The van der Waals surface area contributed by atoms with E-state index in [0.29, 0.717) is 22.0 Å². The van der Waals surface area contributed by atoms with Gasteiger partial charge in [0.05, 0.1) is 17.2 Å². The minimum atomic E-state index is -0.167. The fourth-order valence-electron chi connectivity index (χ4n) is 1.42. The molecule has 0 radical (unpaired) electrons. The van der Waals surface area contributed by atoms with E-state index in [4.69, 9.17) is 4.42 Å². The maximum Gasteiger partial charge on any atom is 0.258 e. The Bertz CT molecular complexity index is 668. The molecule has 2 heterocycles. The summed E-state index contributed by atoms with van der Waals surface area (Å²) in [6.45, 7) is 0. The first kappa shape index (κ1) is 7.25. The van der Waals surface area contributed by atoms with Crippen LogP contribution >= 0.6 is 0 Å². The molecule has 0 fully saturated rings. The van der Waals surface area contributed by atoms with Gasteiger partial charge in [-0.05, 0) is 6.07 Å². The van der Waals surface area contributed by atoms with Gasteiger partial charge in [-0.15, -0.1) is 0 Å². The SMILES string of the molecule is O=c1[nH]cnc2cc3ocnc3cc12. The molecule has 0 aliphatic carbocycles. The third-order valence-electron chi connectivity index (χ3n) is 2.09. The van der Waals surface area contributed by atoms with E-state index in [1.54, 1.807) is 12.1 Å². The average Bonchev–Trinajstić information content (AvgIpc) is 2.62. The number of rotatable bonds is 0. The number of H-pyrrole nitrogens is 1. The molecular formula is C9H5N3O2.